The highest BCUT2D eigenvalue weighted by Gasteiger charge is 2.31. The van der Waals surface area contributed by atoms with Crippen molar-refractivity contribution in [1.82, 2.24) is 19.9 Å². The van der Waals surface area contributed by atoms with Crippen LogP contribution in [-0.4, -0.2) is 39.4 Å². The van der Waals surface area contributed by atoms with Crippen LogP contribution in [0.5, 0.6) is 5.75 Å². The van der Waals surface area contributed by atoms with E-state index in [1.165, 1.54) is 0 Å². The molecule has 3 heterocycles. The summed E-state index contributed by atoms with van der Waals surface area (Å²) in [5.41, 5.74) is 5.04. The molecule has 1 atom stereocenters. The lowest BCUT2D eigenvalue weighted by Gasteiger charge is -2.32. The van der Waals surface area contributed by atoms with E-state index in [1.807, 2.05) is 48.2 Å². The molecule has 0 spiro atoms. The predicted molar refractivity (Wildman–Crippen MR) is 102 cm³/mol. The first-order valence-corrected chi connectivity index (χ1v) is 8.99. The lowest BCUT2D eigenvalue weighted by molar-refractivity contribution is -0.131. The first-order chi connectivity index (χ1) is 13.1. The molecule has 0 saturated heterocycles. The number of H-pyrrole nitrogens is 1. The number of methoxy groups -OCH3 is 1. The summed E-state index contributed by atoms with van der Waals surface area (Å²) in [5, 5.41) is 0. The molecule has 0 radical (unpaired) electrons. The van der Waals surface area contributed by atoms with Gasteiger partial charge in [0.05, 0.1) is 37.8 Å². The van der Waals surface area contributed by atoms with E-state index < -0.39 is 0 Å². The molecule has 4 rings (SSSR count). The summed E-state index contributed by atoms with van der Waals surface area (Å²) in [5.74, 6) is 0.933. The molecule has 138 valence electrons. The Morgan fingerprint density at radius 2 is 2.07 bits per heavy atom. The molecule has 1 aliphatic rings. The molecule has 1 aliphatic heterocycles. The van der Waals surface area contributed by atoms with Crippen LogP contribution in [0.15, 0.2) is 48.9 Å². The topological polar surface area (TPSA) is 71.1 Å². The predicted octanol–water partition coefficient (Wildman–Crippen LogP) is 2.84. The van der Waals surface area contributed by atoms with Crippen molar-refractivity contribution in [3.63, 3.8) is 0 Å². The van der Waals surface area contributed by atoms with Crippen molar-refractivity contribution in [3.8, 4) is 5.75 Å². The summed E-state index contributed by atoms with van der Waals surface area (Å²) in [7, 11) is 1.65. The minimum Gasteiger partial charge on any atom is -0.497 e. The minimum absolute atomic E-state index is 0.0420. The van der Waals surface area contributed by atoms with Crippen LogP contribution < -0.4 is 4.74 Å². The summed E-state index contributed by atoms with van der Waals surface area (Å²) in [6.45, 7) is 3.16. The Kier molecular flexibility index (Phi) is 4.62. The van der Waals surface area contributed by atoms with Crippen molar-refractivity contribution in [2.45, 2.75) is 25.8 Å². The Morgan fingerprint density at radius 1 is 1.26 bits per heavy atom. The molecule has 0 fully saturated rings. The maximum Gasteiger partial charge on any atom is 0.228 e. The Balaban J connectivity index is 1.58. The highest BCUT2D eigenvalue weighted by Crippen LogP contribution is 2.32. The summed E-state index contributed by atoms with van der Waals surface area (Å²) in [4.78, 5) is 26.8. The van der Waals surface area contributed by atoms with E-state index in [4.69, 9.17) is 4.74 Å². The molecule has 27 heavy (non-hydrogen) atoms. The van der Waals surface area contributed by atoms with E-state index >= 15 is 0 Å². The van der Waals surface area contributed by atoms with Crippen LogP contribution in [0.1, 0.15) is 34.1 Å². The monoisotopic (exact) mass is 362 g/mol. The van der Waals surface area contributed by atoms with E-state index in [2.05, 4.69) is 15.0 Å². The number of ether oxygens (including phenoxy) is 1. The van der Waals surface area contributed by atoms with Gasteiger partial charge in [-0.3, -0.25) is 9.78 Å². The van der Waals surface area contributed by atoms with Gasteiger partial charge < -0.3 is 14.6 Å². The van der Waals surface area contributed by atoms with E-state index in [1.54, 1.807) is 19.6 Å². The summed E-state index contributed by atoms with van der Waals surface area (Å²) >= 11 is 0. The van der Waals surface area contributed by atoms with E-state index in [0.29, 0.717) is 19.5 Å². The number of hydrogen-bond donors (Lipinski definition) is 1. The molecule has 2 aromatic heterocycles. The average Bonchev–Trinajstić information content (AvgIpc) is 3.16. The van der Waals surface area contributed by atoms with Crippen molar-refractivity contribution < 1.29 is 9.53 Å². The Labute approximate surface area is 158 Å². The molecule has 6 nitrogen and oxygen atoms in total. The number of carbonyl (C=O) groups is 1. The van der Waals surface area contributed by atoms with Crippen molar-refractivity contribution in [3.05, 3.63) is 77.1 Å². The fourth-order valence-corrected chi connectivity index (χ4v) is 3.57. The zero-order valence-electron chi connectivity index (χ0n) is 15.5. The van der Waals surface area contributed by atoms with Gasteiger partial charge in [-0.2, -0.15) is 0 Å². The second-order valence-corrected chi connectivity index (χ2v) is 6.87. The fraction of sp³-hybridized carbons (Fsp3) is 0.286. The number of benzene rings is 1. The highest BCUT2D eigenvalue weighted by atomic mass is 16.5. The average molecular weight is 362 g/mol. The summed E-state index contributed by atoms with van der Waals surface area (Å²) in [6, 6.07) is 11.9. The van der Waals surface area contributed by atoms with Crippen molar-refractivity contribution in [1.29, 1.82) is 0 Å². The number of imidazole rings is 1. The molecular weight excluding hydrogens is 340 g/mol. The third-order valence-corrected chi connectivity index (χ3v) is 5.01. The number of amides is 1. The van der Waals surface area contributed by atoms with Gasteiger partial charge in [0, 0.05) is 24.4 Å². The molecule has 1 amide bonds. The smallest absolute Gasteiger partial charge is 0.228 e. The number of fused-ring (bicyclic) bond motifs is 1. The van der Waals surface area contributed by atoms with Gasteiger partial charge in [-0.25, -0.2) is 4.98 Å². The Bertz CT molecular complexity index is 949. The van der Waals surface area contributed by atoms with Crippen molar-refractivity contribution in [2.24, 2.45) is 0 Å². The standard InChI is InChI=1S/C21H22N4O2/c1-14-7-8-22-16(9-14)10-20(26)25-11-18(21-19(12-25)23-13-24-21)15-3-5-17(27-2)6-4-15/h3-9,13,18H,10-12H2,1-2H3,(H,23,24). The number of carbonyl (C=O) groups excluding carboxylic acids is 1. The van der Waals surface area contributed by atoms with Gasteiger partial charge in [0.15, 0.2) is 0 Å². The number of aromatic amines is 1. The molecule has 6 heteroatoms. The number of nitrogens with one attached hydrogen (secondary N) is 1. The zero-order chi connectivity index (χ0) is 18.8. The normalized spacial score (nSPS) is 16.1. The molecule has 3 aromatic rings. The first kappa shape index (κ1) is 17.3. The molecule has 0 bridgehead atoms. The lowest BCUT2D eigenvalue weighted by atomic mass is 9.90. The molecule has 1 N–H and O–H groups in total. The second-order valence-electron chi connectivity index (χ2n) is 6.87. The van der Waals surface area contributed by atoms with E-state index in [0.717, 1.165) is 34.0 Å². The van der Waals surface area contributed by atoms with Gasteiger partial charge in [-0.15, -0.1) is 0 Å². The number of aromatic nitrogens is 3. The first-order valence-electron chi connectivity index (χ1n) is 8.99. The lowest BCUT2D eigenvalue weighted by Crippen LogP contribution is -2.39. The molecular formula is C21H22N4O2. The second kappa shape index (κ2) is 7.23. The fourth-order valence-electron chi connectivity index (χ4n) is 3.57. The zero-order valence-corrected chi connectivity index (χ0v) is 15.5. The van der Waals surface area contributed by atoms with Crippen molar-refractivity contribution >= 4 is 5.91 Å². The number of aryl methyl sites for hydroxylation is 1. The third-order valence-electron chi connectivity index (χ3n) is 5.01. The van der Waals surface area contributed by atoms with Crippen LogP contribution in [0.3, 0.4) is 0 Å². The van der Waals surface area contributed by atoms with E-state index in [-0.39, 0.29) is 11.8 Å². The van der Waals surface area contributed by atoms with Crippen LogP contribution in [0.4, 0.5) is 0 Å². The number of rotatable bonds is 4. The Morgan fingerprint density at radius 3 is 2.81 bits per heavy atom. The van der Waals surface area contributed by atoms with Crippen LogP contribution in [0.2, 0.25) is 0 Å². The SMILES string of the molecule is COc1ccc(C2CN(C(=O)Cc3cc(C)ccn3)Cc3[nH]cnc32)cc1. The van der Waals surface area contributed by atoms with Gasteiger partial charge in [0.1, 0.15) is 5.75 Å². The number of pyridine rings is 1. The van der Waals surface area contributed by atoms with Crippen LogP contribution in [0, 0.1) is 6.92 Å². The molecule has 0 saturated carbocycles. The molecule has 0 aliphatic carbocycles. The van der Waals surface area contributed by atoms with Gasteiger partial charge in [0.25, 0.3) is 0 Å². The van der Waals surface area contributed by atoms with Crippen LogP contribution >= 0.6 is 0 Å². The van der Waals surface area contributed by atoms with Gasteiger partial charge in [-0.05, 0) is 42.3 Å². The maximum absolute atomic E-state index is 12.9. The van der Waals surface area contributed by atoms with Gasteiger partial charge in [0.2, 0.25) is 5.91 Å². The molecule has 1 aromatic carbocycles. The van der Waals surface area contributed by atoms with Crippen LogP contribution in [-0.2, 0) is 17.8 Å². The third kappa shape index (κ3) is 3.56. The quantitative estimate of drug-likeness (QED) is 0.775. The summed E-state index contributed by atoms with van der Waals surface area (Å²) in [6.07, 6.45) is 3.76. The molecule has 1 unspecified atom stereocenters. The van der Waals surface area contributed by atoms with Crippen molar-refractivity contribution in [2.75, 3.05) is 13.7 Å². The van der Waals surface area contributed by atoms with Gasteiger partial charge >= 0.3 is 0 Å². The van der Waals surface area contributed by atoms with Crippen LogP contribution in [0.25, 0.3) is 0 Å². The summed E-state index contributed by atoms with van der Waals surface area (Å²) < 4.78 is 5.25. The Hall–Kier alpha value is -3.15. The highest BCUT2D eigenvalue weighted by molar-refractivity contribution is 5.78. The maximum atomic E-state index is 12.9. The van der Waals surface area contributed by atoms with Gasteiger partial charge in [-0.1, -0.05) is 12.1 Å². The largest absolute Gasteiger partial charge is 0.497 e. The number of hydrogen-bond acceptors (Lipinski definition) is 4. The number of nitrogens with zero attached hydrogens (tertiary/aromatic N) is 3. The van der Waals surface area contributed by atoms with E-state index in [9.17, 15) is 4.79 Å². The minimum atomic E-state index is 0.0420.